The van der Waals surface area contributed by atoms with Gasteiger partial charge in [0.25, 0.3) is 0 Å². The summed E-state index contributed by atoms with van der Waals surface area (Å²) in [4.78, 5) is 21.2. The van der Waals surface area contributed by atoms with E-state index in [1.54, 1.807) is 11.3 Å². The van der Waals surface area contributed by atoms with Gasteiger partial charge in [0.1, 0.15) is 0 Å². The van der Waals surface area contributed by atoms with E-state index in [0.717, 1.165) is 22.1 Å². The van der Waals surface area contributed by atoms with Crippen molar-refractivity contribution < 1.29 is 4.79 Å². The molecule has 1 aliphatic carbocycles. The summed E-state index contributed by atoms with van der Waals surface area (Å²) in [5, 5.41) is 5.07. The molecule has 7 heteroatoms. The van der Waals surface area contributed by atoms with Crippen LogP contribution in [0.5, 0.6) is 0 Å². The molecular formula is C18H20N4OS2. The number of hydrogen-bond donors (Lipinski definition) is 1. The highest BCUT2D eigenvalue weighted by Crippen LogP contribution is 2.37. The maximum atomic E-state index is 12.2. The van der Waals surface area contributed by atoms with E-state index in [0.29, 0.717) is 11.8 Å². The van der Waals surface area contributed by atoms with Gasteiger partial charge in [-0.2, -0.15) is 0 Å². The lowest BCUT2D eigenvalue weighted by Gasteiger charge is -2.12. The molecule has 25 heavy (non-hydrogen) atoms. The Labute approximate surface area is 154 Å². The number of carbonyl (C=O) groups is 1. The van der Waals surface area contributed by atoms with Gasteiger partial charge in [-0.25, -0.2) is 9.97 Å². The lowest BCUT2D eigenvalue weighted by Crippen LogP contribution is -2.35. The van der Waals surface area contributed by atoms with E-state index in [2.05, 4.69) is 25.9 Å². The molecule has 1 atom stereocenters. The SMILES string of the molecule is CC(Cc1nc2ccccc2s1)NC(=O)CSc1nccn1C1CC1. The molecule has 2 aromatic heterocycles. The van der Waals surface area contributed by atoms with E-state index in [4.69, 9.17) is 0 Å². The summed E-state index contributed by atoms with van der Waals surface area (Å²) in [6, 6.07) is 8.79. The zero-order chi connectivity index (χ0) is 17.2. The van der Waals surface area contributed by atoms with Gasteiger partial charge in [0.05, 0.1) is 21.0 Å². The molecule has 1 N–H and O–H groups in total. The first-order valence-electron chi connectivity index (χ1n) is 8.48. The largest absolute Gasteiger partial charge is 0.352 e. The van der Waals surface area contributed by atoms with Crippen molar-refractivity contribution in [2.24, 2.45) is 0 Å². The first-order valence-corrected chi connectivity index (χ1v) is 10.3. The first kappa shape index (κ1) is 16.6. The van der Waals surface area contributed by atoms with Crippen molar-refractivity contribution in [3.05, 3.63) is 41.7 Å². The van der Waals surface area contributed by atoms with Crippen LogP contribution >= 0.6 is 23.1 Å². The van der Waals surface area contributed by atoms with Crippen molar-refractivity contribution >= 4 is 39.2 Å². The van der Waals surface area contributed by atoms with Gasteiger partial charge in [-0.15, -0.1) is 11.3 Å². The van der Waals surface area contributed by atoms with Crippen LogP contribution in [0.2, 0.25) is 0 Å². The Morgan fingerprint density at radius 2 is 2.28 bits per heavy atom. The lowest BCUT2D eigenvalue weighted by molar-refractivity contribution is -0.119. The van der Waals surface area contributed by atoms with E-state index in [1.165, 1.54) is 29.3 Å². The third-order valence-electron chi connectivity index (χ3n) is 4.13. The zero-order valence-corrected chi connectivity index (χ0v) is 15.6. The lowest BCUT2D eigenvalue weighted by atomic mass is 10.2. The van der Waals surface area contributed by atoms with Crippen molar-refractivity contribution in [3.63, 3.8) is 0 Å². The Morgan fingerprint density at radius 1 is 1.44 bits per heavy atom. The summed E-state index contributed by atoms with van der Waals surface area (Å²) in [6.07, 6.45) is 7.01. The van der Waals surface area contributed by atoms with Crippen molar-refractivity contribution in [1.29, 1.82) is 0 Å². The summed E-state index contributed by atoms with van der Waals surface area (Å²) >= 11 is 3.20. The van der Waals surface area contributed by atoms with Crippen molar-refractivity contribution in [3.8, 4) is 0 Å². The van der Waals surface area contributed by atoms with Crippen molar-refractivity contribution in [2.75, 3.05) is 5.75 Å². The van der Waals surface area contributed by atoms with Gasteiger partial charge in [0, 0.05) is 30.9 Å². The van der Waals surface area contributed by atoms with Gasteiger partial charge in [-0.05, 0) is 31.9 Å². The number of fused-ring (bicyclic) bond motifs is 1. The molecule has 1 amide bonds. The minimum atomic E-state index is 0.0453. The molecule has 5 nitrogen and oxygen atoms in total. The number of rotatable bonds is 7. The van der Waals surface area contributed by atoms with Gasteiger partial charge in [-0.1, -0.05) is 23.9 Å². The van der Waals surface area contributed by atoms with E-state index in [1.807, 2.05) is 37.5 Å². The van der Waals surface area contributed by atoms with Gasteiger partial charge in [-0.3, -0.25) is 4.79 Å². The molecule has 2 heterocycles. The molecule has 1 aromatic carbocycles. The smallest absolute Gasteiger partial charge is 0.230 e. The monoisotopic (exact) mass is 372 g/mol. The van der Waals surface area contributed by atoms with E-state index < -0.39 is 0 Å². The molecule has 1 saturated carbocycles. The quantitative estimate of drug-likeness (QED) is 0.643. The average Bonchev–Trinajstić information content (AvgIpc) is 3.18. The summed E-state index contributed by atoms with van der Waals surface area (Å²) in [5.41, 5.74) is 1.03. The highest BCUT2D eigenvalue weighted by molar-refractivity contribution is 7.99. The molecule has 130 valence electrons. The number of amides is 1. The summed E-state index contributed by atoms with van der Waals surface area (Å²) in [6.45, 7) is 2.03. The number of aromatic nitrogens is 3. The number of benzene rings is 1. The predicted octanol–water partition coefficient (Wildman–Crippen LogP) is 3.67. The summed E-state index contributed by atoms with van der Waals surface area (Å²) < 4.78 is 3.38. The van der Waals surface area contributed by atoms with Crippen LogP contribution in [0, 0.1) is 0 Å². The number of imidazole rings is 1. The van der Waals surface area contributed by atoms with Crippen molar-refractivity contribution in [1.82, 2.24) is 19.9 Å². The van der Waals surface area contributed by atoms with Crippen LogP contribution in [0.3, 0.4) is 0 Å². The molecule has 3 aromatic rings. The number of thiazole rings is 1. The fourth-order valence-electron chi connectivity index (χ4n) is 2.81. The highest BCUT2D eigenvalue weighted by atomic mass is 32.2. The van der Waals surface area contributed by atoms with Crippen LogP contribution in [0.15, 0.2) is 41.8 Å². The molecular weight excluding hydrogens is 352 g/mol. The van der Waals surface area contributed by atoms with Gasteiger partial charge < -0.3 is 9.88 Å². The van der Waals surface area contributed by atoms with Crippen LogP contribution in [-0.4, -0.2) is 32.2 Å². The third kappa shape index (κ3) is 4.04. The number of hydrogen-bond acceptors (Lipinski definition) is 5. The molecule has 1 fully saturated rings. The summed E-state index contributed by atoms with van der Waals surface area (Å²) in [5.74, 6) is 0.442. The Bertz CT molecular complexity index is 851. The van der Waals surface area contributed by atoms with Crippen LogP contribution in [0.25, 0.3) is 10.2 Å². The second-order valence-electron chi connectivity index (χ2n) is 6.38. The predicted molar refractivity (Wildman–Crippen MR) is 102 cm³/mol. The Morgan fingerprint density at radius 3 is 3.08 bits per heavy atom. The number of thioether (sulfide) groups is 1. The molecule has 0 radical (unpaired) electrons. The second-order valence-corrected chi connectivity index (χ2v) is 8.44. The number of para-hydroxylation sites is 1. The normalized spacial score (nSPS) is 15.4. The van der Waals surface area contributed by atoms with Crippen LogP contribution in [-0.2, 0) is 11.2 Å². The van der Waals surface area contributed by atoms with Gasteiger partial charge in [0.15, 0.2) is 5.16 Å². The topological polar surface area (TPSA) is 59.8 Å². The highest BCUT2D eigenvalue weighted by Gasteiger charge is 2.25. The Hall–Kier alpha value is -1.86. The molecule has 1 aliphatic rings. The maximum absolute atomic E-state index is 12.2. The van der Waals surface area contributed by atoms with E-state index in [-0.39, 0.29) is 11.9 Å². The van der Waals surface area contributed by atoms with Gasteiger partial charge >= 0.3 is 0 Å². The zero-order valence-electron chi connectivity index (χ0n) is 14.0. The first-order chi connectivity index (χ1) is 12.2. The third-order valence-corrected chi connectivity index (χ3v) is 6.17. The maximum Gasteiger partial charge on any atom is 0.230 e. The van der Waals surface area contributed by atoms with Crippen molar-refractivity contribution in [2.45, 2.75) is 43.4 Å². The minimum absolute atomic E-state index is 0.0453. The number of nitrogens with zero attached hydrogens (tertiary/aromatic N) is 3. The number of carbonyl (C=O) groups excluding carboxylic acids is 1. The second kappa shape index (κ2) is 7.17. The van der Waals surface area contributed by atoms with Crippen LogP contribution in [0.4, 0.5) is 0 Å². The molecule has 4 rings (SSSR count). The number of nitrogens with one attached hydrogen (secondary N) is 1. The Balaban J connectivity index is 1.28. The fraction of sp³-hybridized carbons (Fsp3) is 0.389. The van der Waals surface area contributed by atoms with Gasteiger partial charge in [0.2, 0.25) is 5.91 Å². The molecule has 0 aliphatic heterocycles. The fourth-order valence-corrected chi connectivity index (χ4v) is 4.74. The average molecular weight is 373 g/mol. The van der Waals surface area contributed by atoms with Crippen LogP contribution in [0.1, 0.15) is 30.8 Å². The Kier molecular flexibility index (Phi) is 4.76. The molecule has 0 spiro atoms. The molecule has 1 unspecified atom stereocenters. The summed E-state index contributed by atoms with van der Waals surface area (Å²) in [7, 11) is 0. The standard InChI is InChI=1S/C18H20N4OS2/c1-12(10-17-21-14-4-2-3-5-15(14)25-17)20-16(23)11-24-18-19-8-9-22(18)13-6-7-13/h2-5,8-9,12-13H,6-7,10-11H2,1H3,(H,20,23). The van der Waals surface area contributed by atoms with E-state index >= 15 is 0 Å². The molecule has 0 saturated heterocycles. The molecule has 0 bridgehead atoms. The van der Waals surface area contributed by atoms with E-state index in [9.17, 15) is 4.79 Å². The minimum Gasteiger partial charge on any atom is -0.352 e. The van der Waals surface area contributed by atoms with Crippen LogP contribution < -0.4 is 5.32 Å².